The summed E-state index contributed by atoms with van der Waals surface area (Å²) in [5.74, 6) is 0.845. The van der Waals surface area contributed by atoms with Crippen LogP contribution in [0.25, 0.3) is 16.6 Å². The zero-order valence-corrected chi connectivity index (χ0v) is 15.7. The lowest BCUT2D eigenvalue weighted by Gasteiger charge is -2.20. The zero-order chi connectivity index (χ0) is 18.6. The van der Waals surface area contributed by atoms with Gasteiger partial charge in [0, 0.05) is 22.7 Å². The number of nitrogens with one attached hydrogen (secondary N) is 1. The molecule has 0 bridgehead atoms. The predicted molar refractivity (Wildman–Crippen MR) is 107 cm³/mol. The van der Waals surface area contributed by atoms with Gasteiger partial charge in [-0.1, -0.05) is 24.3 Å². The Morgan fingerprint density at radius 1 is 1.08 bits per heavy atom. The van der Waals surface area contributed by atoms with Gasteiger partial charge in [0.05, 0.1) is 17.8 Å². The van der Waals surface area contributed by atoms with Crippen molar-refractivity contribution in [1.82, 2.24) is 9.88 Å². The SMILES string of the molecule is CC(C)(C)NCCCOc1ccccc1-n1ccc2c(C=O)cccc21. The van der Waals surface area contributed by atoms with Gasteiger partial charge in [0.2, 0.25) is 0 Å². The maximum absolute atomic E-state index is 11.3. The van der Waals surface area contributed by atoms with Crippen molar-refractivity contribution in [3.63, 3.8) is 0 Å². The molecule has 0 saturated carbocycles. The van der Waals surface area contributed by atoms with Crippen LogP contribution in [0.5, 0.6) is 5.75 Å². The first-order chi connectivity index (χ1) is 12.5. The Morgan fingerprint density at radius 2 is 1.88 bits per heavy atom. The van der Waals surface area contributed by atoms with Gasteiger partial charge in [-0.3, -0.25) is 4.79 Å². The molecular formula is C22H26N2O2. The molecule has 0 saturated heterocycles. The van der Waals surface area contributed by atoms with Gasteiger partial charge in [-0.15, -0.1) is 0 Å². The first-order valence-corrected chi connectivity index (χ1v) is 9.02. The number of benzene rings is 2. The molecule has 2 aromatic carbocycles. The van der Waals surface area contributed by atoms with E-state index in [4.69, 9.17) is 4.74 Å². The molecule has 0 atom stereocenters. The Labute approximate surface area is 154 Å². The van der Waals surface area contributed by atoms with Crippen LogP contribution < -0.4 is 10.1 Å². The van der Waals surface area contributed by atoms with Gasteiger partial charge in [-0.2, -0.15) is 0 Å². The number of carbonyl (C=O) groups excluding carboxylic acids is 1. The highest BCUT2D eigenvalue weighted by Gasteiger charge is 2.11. The number of carbonyl (C=O) groups is 1. The van der Waals surface area contributed by atoms with Crippen LogP contribution in [0, 0.1) is 0 Å². The summed E-state index contributed by atoms with van der Waals surface area (Å²) in [7, 11) is 0. The Bertz CT molecular complexity index is 891. The summed E-state index contributed by atoms with van der Waals surface area (Å²) in [6.45, 7) is 8.05. The van der Waals surface area contributed by atoms with Crippen molar-refractivity contribution in [2.75, 3.05) is 13.2 Å². The number of fused-ring (bicyclic) bond motifs is 1. The first kappa shape index (κ1) is 18.2. The Hall–Kier alpha value is -2.59. The second kappa shape index (κ2) is 7.75. The minimum atomic E-state index is 0.123. The van der Waals surface area contributed by atoms with Crippen LogP contribution in [0.2, 0.25) is 0 Å². The minimum absolute atomic E-state index is 0.123. The molecule has 136 valence electrons. The summed E-state index contributed by atoms with van der Waals surface area (Å²) in [5, 5.41) is 4.42. The third-order valence-corrected chi connectivity index (χ3v) is 4.25. The van der Waals surface area contributed by atoms with Gasteiger partial charge < -0.3 is 14.6 Å². The average molecular weight is 350 g/mol. The van der Waals surface area contributed by atoms with E-state index in [0.29, 0.717) is 12.2 Å². The molecule has 4 nitrogen and oxygen atoms in total. The smallest absolute Gasteiger partial charge is 0.150 e. The number of aldehydes is 1. The standard InChI is InChI=1S/C22H26N2O2/c1-22(2,3)23-13-7-15-26-21-11-5-4-9-20(21)24-14-12-18-17(16-25)8-6-10-19(18)24/h4-6,8-12,14,16,23H,7,13,15H2,1-3H3. The number of nitrogens with zero attached hydrogens (tertiary/aromatic N) is 1. The van der Waals surface area contributed by atoms with E-state index in [1.807, 2.05) is 54.7 Å². The summed E-state index contributed by atoms with van der Waals surface area (Å²) >= 11 is 0. The lowest BCUT2D eigenvalue weighted by Crippen LogP contribution is -2.36. The highest BCUT2D eigenvalue weighted by atomic mass is 16.5. The van der Waals surface area contributed by atoms with Gasteiger partial charge in [0.25, 0.3) is 0 Å². The molecule has 0 fully saturated rings. The van der Waals surface area contributed by atoms with Crippen LogP contribution in [-0.4, -0.2) is 29.5 Å². The third kappa shape index (κ3) is 4.14. The summed E-state index contributed by atoms with van der Waals surface area (Å²) in [6, 6.07) is 15.7. The molecule has 0 spiro atoms. The van der Waals surface area contributed by atoms with Gasteiger partial charge >= 0.3 is 0 Å². The molecule has 0 aliphatic carbocycles. The average Bonchev–Trinajstić information content (AvgIpc) is 3.05. The van der Waals surface area contributed by atoms with Crippen molar-refractivity contribution >= 4 is 17.2 Å². The van der Waals surface area contributed by atoms with Crippen molar-refractivity contribution in [3.05, 3.63) is 60.3 Å². The maximum atomic E-state index is 11.3. The molecule has 3 aromatic rings. The van der Waals surface area contributed by atoms with Crippen molar-refractivity contribution in [1.29, 1.82) is 0 Å². The summed E-state index contributed by atoms with van der Waals surface area (Å²) in [4.78, 5) is 11.3. The Morgan fingerprint density at radius 3 is 2.65 bits per heavy atom. The second-order valence-corrected chi connectivity index (χ2v) is 7.43. The van der Waals surface area contributed by atoms with E-state index >= 15 is 0 Å². The molecule has 0 aliphatic heterocycles. The van der Waals surface area contributed by atoms with E-state index in [2.05, 4.69) is 30.7 Å². The highest BCUT2D eigenvalue weighted by Crippen LogP contribution is 2.28. The number of aromatic nitrogens is 1. The molecule has 4 heteroatoms. The largest absolute Gasteiger partial charge is 0.491 e. The third-order valence-electron chi connectivity index (χ3n) is 4.25. The number of para-hydroxylation sites is 2. The number of hydrogen-bond donors (Lipinski definition) is 1. The normalized spacial score (nSPS) is 11.7. The second-order valence-electron chi connectivity index (χ2n) is 7.43. The topological polar surface area (TPSA) is 43.3 Å². The number of rotatable bonds is 7. The molecule has 3 rings (SSSR count). The van der Waals surface area contributed by atoms with E-state index in [-0.39, 0.29) is 5.54 Å². The van der Waals surface area contributed by atoms with Crippen molar-refractivity contribution in [2.24, 2.45) is 0 Å². The molecule has 0 aliphatic rings. The van der Waals surface area contributed by atoms with Crippen molar-refractivity contribution in [3.8, 4) is 11.4 Å². The van der Waals surface area contributed by atoms with Crippen LogP contribution in [-0.2, 0) is 0 Å². The fourth-order valence-electron chi connectivity index (χ4n) is 3.00. The Kier molecular flexibility index (Phi) is 5.43. The maximum Gasteiger partial charge on any atom is 0.150 e. The van der Waals surface area contributed by atoms with E-state index in [1.165, 1.54) is 0 Å². The molecule has 0 unspecified atom stereocenters. The van der Waals surface area contributed by atoms with Gasteiger partial charge in [-0.05, 0) is 58.0 Å². The summed E-state index contributed by atoms with van der Waals surface area (Å²) in [6.07, 6.45) is 3.83. The zero-order valence-electron chi connectivity index (χ0n) is 15.7. The van der Waals surface area contributed by atoms with E-state index < -0.39 is 0 Å². The predicted octanol–water partition coefficient (Wildman–Crippen LogP) is 4.60. The van der Waals surface area contributed by atoms with Crippen molar-refractivity contribution in [2.45, 2.75) is 32.7 Å². The number of hydrogen-bond acceptors (Lipinski definition) is 3. The monoisotopic (exact) mass is 350 g/mol. The summed E-state index contributed by atoms with van der Waals surface area (Å²) < 4.78 is 8.13. The number of ether oxygens (including phenoxy) is 1. The van der Waals surface area contributed by atoms with E-state index in [9.17, 15) is 4.79 Å². The molecule has 0 amide bonds. The Balaban J connectivity index is 1.79. The fraction of sp³-hybridized carbons (Fsp3) is 0.318. The molecule has 1 aromatic heterocycles. The van der Waals surface area contributed by atoms with Crippen LogP contribution in [0.1, 0.15) is 37.6 Å². The quantitative estimate of drug-likeness (QED) is 0.500. The molecular weight excluding hydrogens is 324 g/mol. The van der Waals surface area contributed by atoms with Crippen LogP contribution in [0.4, 0.5) is 0 Å². The lowest BCUT2D eigenvalue weighted by molar-refractivity contribution is 0.112. The van der Waals surface area contributed by atoms with E-state index in [1.54, 1.807) is 0 Å². The van der Waals surface area contributed by atoms with Gasteiger partial charge in [-0.25, -0.2) is 0 Å². The van der Waals surface area contributed by atoms with E-state index in [0.717, 1.165) is 41.6 Å². The minimum Gasteiger partial charge on any atom is -0.491 e. The van der Waals surface area contributed by atoms with Crippen molar-refractivity contribution < 1.29 is 9.53 Å². The molecule has 1 heterocycles. The highest BCUT2D eigenvalue weighted by molar-refractivity contribution is 5.97. The van der Waals surface area contributed by atoms with Gasteiger partial charge in [0.15, 0.2) is 6.29 Å². The first-order valence-electron chi connectivity index (χ1n) is 9.02. The molecule has 0 radical (unpaired) electrons. The molecule has 1 N–H and O–H groups in total. The summed E-state index contributed by atoms with van der Waals surface area (Å²) in [5.41, 5.74) is 2.81. The lowest BCUT2D eigenvalue weighted by atomic mass is 10.1. The molecule has 26 heavy (non-hydrogen) atoms. The van der Waals surface area contributed by atoms with Gasteiger partial charge in [0.1, 0.15) is 5.75 Å². The van der Waals surface area contributed by atoms with Crippen LogP contribution in [0.3, 0.4) is 0 Å². The van der Waals surface area contributed by atoms with Crippen LogP contribution in [0.15, 0.2) is 54.7 Å². The fourth-order valence-corrected chi connectivity index (χ4v) is 3.00. The van der Waals surface area contributed by atoms with Crippen LogP contribution >= 0.6 is 0 Å².